The molecule has 0 aromatic carbocycles. The van der Waals surface area contributed by atoms with Crippen LogP contribution < -0.4 is 5.56 Å². The van der Waals surface area contributed by atoms with Gasteiger partial charge in [0, 0.05) is 12.0 Å². The van der Waals surface area contributed by atoms with Crippen LogP contribution in [-0.4, -0.2) is 9.94 Å². The van der Waals surface area contributed by atoms with Crippen LogP contribution in [0.15, 0.2) is 16.9 Å². The second-order valence-corrected chi connectivity index (χ2v) is 5.39. The van der Waals surface area contributed by atoms with Crippen molar-refractivity contribution in [1.82, 2.24) is 4.73 Å². The van der Waals surface area contributed by atoms with Crippen molar-refractivity contribution in [3.05, 3.63) is 33.7 Å². The van der Waals surface area contributed by atoms with E-state index in [0.717, 1.165) is 28.3 Å². The van der Waals surface area contributed by atoms with E-state index in [1.807, 2.05) is 13.0 Å². The molecule has 2 bridgehead atoms. The number of hydrogen-bond donors (Lipinski definition) is 1. The van der Waals surface area contributed by atoms with Crippen molar-refractivity contribution >= 4 is 0 Å². The minimum absolute atomic E-state index is 0.294. The number of fused-ring (bicyclic) bond motifs is 2. The average molecular weight is 219 g/mol. The highest BCUT2D eigenvalue weighted by Crippen LogP contribution is 2.52. The largest absolute Gasteiger partial charge is 0.425 e. The summed E-state index contributed by atoms with van der Waals surface area (Å²) in [6.45, 7) is 1.91. The highest BCUT2D eigenvalue weighted by molar-refractivity contribution is 5.21. The number of hydrogen-bond acceptors (Lipinski definition) is 2. The SMILES string of the molecule is Cc1cc(C2C[C@@H]3CCC2C3)n(O)c(=O)c1. The summed E-state index contributed by atoms with van der Waals surface area (Å²) >= 11 is 0. The van der Waals surface area contributed by atoms with Crippen molar-refractivity contribution in [2.75, 3.05) is 0 Å². The zero-order chi connectivity index (χ0) is 11.3. The third kappa shape index (κ3) is 1.38. The molecule has 2 aliphatic carbocycles. The Morgan fingerprint density at radius 1 is 1.31 bits per heavy atom. The van der Waals surface area contributed by atoms with Gasteiger partial charge < -0.3 is 5.21 Å². The standard InChI is InChI=1S/C13H17NO2/c1-8-4-12(14(16)13(15)5-8)11-7-9-2-3-10(11)6-9/h4-5,9-11,16H,2-3,6-7H2,1H3/t9-,10?,11?/m1/s1. The lowest BCUT2D eigenvalue weighted by Crippen LogP contribution is -2.24. The van der Waals surface area contributed by atoms with E-state index >= 15 is 0 Å². The Hall–Kier alpha value is -1.25. The lowest BCUT2D eigenvalue weighted by Gasteiger charge is -2.23. The normalized spacial score (nSPS) is 32.2. The lowest BCUT2D eigenvalue weighted by atomic mass is 9.86. The summed E-state index contributed by atoms with van der Waals surface area (Å²) in [5, 5.41) is 9.81. The first kappa shape index (κ1) is 9.94. The van der Waals surface area contributed by atoms with Crippen LogP contribution in [0.1, 0.15) is 42.9 Å². The summed E-state index contributed by atoms with van der Waals surface area (Å²) in [5.41, 5.74) is 1.49. The Balaban J connectivity index is 2.04. The predicted molar refractivity (Wildman–Crippen MR) is 60.8 cm³/mol. The highest BCUT2D eigenvalue weighted by Gasteiger charge is 2.41. The van der Waals surface area contributed by atoms with Gasteiger partial charge in [-0.1, -0.05) is 6.42 Å². The number of rotatable bonds is 1. The summed E-state index contributed by atoms with van der Waals surface area (Å²) < 4.78 is 0.859. The highest BCUT2D eigenvalue weighted by atomic mass is 16.5. The zero-order valence-corrected chi connectivity index (χ0v) is 9.52. The van der Waals surface area contributed by atoms with E-state index in [2.05, 4.69) is 0 Å². The van der Waals surface area contributed by atoms with E-state index in [1.165, 1.54) is 25.3 Å². The number of pyridine rings is 1. The summed E-state index contributed by atoms with van der Waals surface area (Å²) in [4.78, 5) is 11.5. The molecular formula is C13H17NO2. The average Bonchev–Trinajstić information content (AvgIpc) is 2.84. The minimum Gasteiger partial charge on any atom is -0.425 e. The van der Waals surface area contributed by atoms with Crippen molar-refractivity contribution in [1.29, 1.82) is 0 Å². The first-order chi connectivity index (χ1) is 7.65. The summed E-state index contributed by atoms with van der Waals surface area (Å²) in [6.07, 6.45) is 5.03. The van der Waals surface area contributed by atoms with Crippen LogP contribution in [0.25, 0.3) is 0 Å². The maximum absolute atomic E-state index is 11.5. The van der Waals surface area contributed by atoms with Crippen molar-refractivity contribution in [3.63, 3.8) is 0 Å². The molecular weight excluding hydrogens is 202 g/mol. The zero-order valence-electron chi connectivity index (χ0n) is 9.52. The Morgan fingerprint density at radius 3 is 2.75 bits per heavy atom. The van der Waals surface area contributed by atoms with Crippen LogP contribution >= 0.6 is 0 Å². The molecule has 1 aromatic rings. The maximum atomic E-state index is 11.5. The van der Waals surface area contributed by atoms with E-state index < -0.39 is 0 Å². The van der Waals surface area contributed by atoms with Gasteiger partial charge in [-0.15, -0.1) is 0 Å². The van der Waals surface area contributed by atoms with Gasteiger partial charge in [-0.2, -0.15) is 4.73 Å². The molecule has 2 aliphatic rings. The van der Waals surface area contributed by atoms with Crippen molar-refractivity contribution in [3.8, 4) is 0 Å². The monoisotopic (exact) mass is 219 g/mol. The van der Waals surface area contributed by atoms with E-state index in [0.29, 0.717) is 11.8 Å². The van der Waals surface area contributed by atoms with Gasteiger partial charge in [0.2, 0.25) is 0 Å². The Morgan fingerprint density at radius 2 is 2.12 bits per heavy atom. The summed E-state index contributed by atoms with van der Waals surface area (Å²) in [7, 11) is 0. The lowest BCUT2D eigenvalue weighted by molar-refractivity contribution is 0.155. The smallest absolute Gasteiger partial charge is 0.283 e. The van der Waals surface area contributed by atoms with Crippen molar-refractivity contribution < 1.29 is 5.21 Å². The van der Waals surface area contributed by atoms with Gasteiger partial charge in [0.25, 0.3) is 5.56 Å². The molecule has 2 saturated carbocycles. The van der Waals surface area contributed by atoms with Crippen LogP contribution in [0, 0.1) is 18.8 Å². The summed E-state index contributed by atoms with van der Waals surface area (Å²) in [6, 6.07) is 3.45. The molecule has 3 nitrogen and oxygen atoms in total. The van der Waals surface area contributed by atoms with E-state index in [4.69, 9.17) is 0 Å². The molecule has 3 atom stereocenters. The molecule has 2 fully saturated rings. The quantitative estimate of drug-likeness (QED) is 0.736. The second kappa shape index (κ2) is 3.37. The number of aryl methyl sites for hydroxylation is 1. The van der Waals surface area contributed by atoms with Gasteiger partial charge in [0.05, 0.1) is 5.69 Å². The third-order valence-corrected chi connectivity index (χ3v) is 4.30. The van der Waals surface area contributed by atoms with E-state index in [-0.39, 0.29) is 5.56 Å². The molecule has 86 valence electrons. The molecule has 16 heavy (non-hydrogen) atoms. The topological polar surface area (TPSA) is 42.2 Å². The molecule has 1 heterocycles. The third-order valence-electron chi connectivity index (χ3n) is 4.30. The molecule has 0 saturated heterocycles. The summed E-state index contributed by atoms with van der Waals surface area (Å²) in [5.74, 6) is 1.91. The molecule has 3 heteroatoms. The van der Waals surface area contributed by atoms with E-state index in [9.17, 15) is 10.0 Å². The number of aromatic nitrogens is 1. The van der Waals surface area contributed by atoms with Crippen LogP contribution in [-0.2, 0) is 0 Å². The van der Waals surface area contributed by atoms with E-state index in [1.54, 1.807) is 0 Å². The fourth-order valence-corrected chi connectivity index (χ4v) is 3.59. The van der Waals surface area contributed by atoms with Gasteiger partial charge in [0.1, 0.15) is 0 Å². The molecule has 2 unspecified atom stereocenters. The molecule has 3 rings (SSSR count). The van der Waals surface area contributed by atoms with Crippen LogP contribution in [0.2, 0.25) is 0 Å². The molecule has 0 aliphatic heterocycles. The Kier molecular flexibility index (Phi) is 2.09. The minimum atomic E-state index is -0.294. The molecule has 0 amide bonds. The van der Waals surface area contributed by atoms with Crippen LogP contribution in [0.4, 0.5) is 0 Å². The van der Waals surface area contributed by atoms with Gasteiger partial charge in [-0.25, -0.2) is 0 Å². The van der Waals surface area contributed by atoms with Gasteiger partial charge in [-0.05, 0) is 49.7 Å². The molecule has 0 spiro atoms. The van der Waals surface area contributed by atoms with Crippen LogP contribution in [0.3, 0.4) is 0 Å². The Bertz CT molecular complexity index is 477. The fraction of sp³-hybridized carbons (Fsp3) is 0.615. The second-order valence-electron chi connectivity index (χ2n) is 5.39. The number of nitrogens with zero attached hydrogens (tertiary/aromatic N) is 1. The maximum Gasteiger partial charge on any atom is 0.283 e. The van der Waals surface area contributed by atoms with Crippen molar-refractivity contribution in [2.24, 2.45) is 11.8 Å². The molecule has 1 N–H and O–H groups in total. The molecule has 0 radical (unpaired) electrons. The first-order valence-corrected chi connectivity index (χ1v) is 6.08. The first-order valence-electron chi connectivity index (χ1n) is 6.08. The van der Waals surface area contributed by atoms with Crippen molar-refractivity contribution in [2.45, 2.75) is 38.5 Å². The van der Waals surface area contributed by atoms with Gasteiger partial charge in [-0.3, -0.25) is 4.79 Å². The fourth-order valence-electron chi connectivity index (χ4n) is 3.59. The Labute approximate surface area is 94.7 Å². The van der Waals surface area contributed by atoms with Gasteiger partial charge in [0.15, 0.2) is 0 Å². The van der Waals surface area contributed by atoms with Gasteiger partial charge >= 0.3 is 0 Å². The predicted octanol–water partition coefficient (Wildman–Crippen LogP) is 2.30. The van der Waals surface area contributed by atoms with Crippen LogP contribution in [0.5, 0.6) is 0 Å². The molecule has 1 aromatic heterocycles.